The molecule has 0 radical (unpaired) electrons. The number of aromatic nitrogens is 2. The van der Waals surface area contributed by atoms with Crippen molar-refractivity contribution in [3.05, 3.63) is 42.6 Å². The summed E-state index contributed by atoms with van der Waals surface area (Å²) in [5, 5.41) is 10.0. The van der Waals surface area contributed by atoms with Crippen molar-refractivity contribution in [2.45, 2.75) is 13.0 Å². The van der Waals surface area contributed by atoms with Crippen LogP contribution in [0.2, 0.25) is 0 Å². The second-order valence-corrected chi connectivity index (χ2v) is 3.97. The van der Waals surface area contributed by atoms with Crippen LogP contribution in [0.3, 0.4) is 0 Å². The molecule has 0 aliphatic rings. The van der Waals surface area contributed by atoms with Gasteiger partial charge in [0, 0.05) is 17.1 Å². The van der Waals surface area contributed by atoms with Gasteiger partial charge in [-0.15, -0.1) is 0 Å². The fourth-order valence-corrected chi connectivity index (χ4v) is 1.48. The Hall–Kier alpha value is -2.38. The van der Waals surface area contributed by atoms with Crippen molar-refractivity contribution < 1.29 is 9.84 Å². The largest absolute Gasteiger partial charge is 0.459 e. The Morgan fingerprint density at radius 2 is 2.37 bits per heavy atom. The smallest absolute Gasteiger partial charge is 0.317 e. The summed E-state index contributed by atoms with van der Waals surface area (Å²) in [6, 6.07) is 5.91. The van der Waals surface area contributed by atoms with E-state index in [1.54, 1.807) is 19.2 Å². The summed E-state index contributed by atoms with van der Waals surface area (Å²) in [4.78, 5) is 8.37. The number of fused-ring (bicyclic) bond motifs is 1. The molecule has 2 aromatic rings. The zero-order valence-electron chi connectivity index (χ0n) is 10.6. The first-order valence-electron chi connectivity index (χ1n) is 5.89. The van der Waals surface area contributed by atoms with Crippen molar-refractivity contribution in [2.75, 3.05) is 6.61 Å². The van der Waals surface area contributed by atoms with Crippen LogP contribution in [0.5, 0.6) is 6.01 Å². The molecule has 1 N–H and O–H groups in total. The monoisotopic (exact) mass is 254 g/mol. The Morgan fingerprint density at radius 1 is 1.53 bits per heavy atom. The molecule has 1 atom stereocenters. The first-order valence-corrected chi connectivity index (χ1v) is 5.89. The molecule has 1 aromatic carbocycles. The van der Waals surface area contributed by atoms with Crippen LogP contribution in [0.15, 0.2) is 37.1 Å². The molecule has 0 spiro atoms. The third-order valence-electron chi connectivity index (χ3n) is 2.31. The van der Waals surface area contributed by atoms with Crippen LogP contribution in [0, 0.1) is 11.8 Å². The molecule has 96 valence electrons. The summed E-state index contributed by atoms with van der Waals surface area (Å²) in [6.07, 6.45) is 2.69. The number of aliphatic hydroxyl groups excluding tert-OH is 1. The molecule has 1 heterocycles. The fourth-order valence-electron chi connectivity index (χ4n) is 1.48. The van der Waals surface area contributed by atoms with Crippen LogP contribution < -0.4 is 4.74 Å². The number of hydrogen-bond acceptors (Lipinski definition) is 4. The highest BCUT2D eigenvalue weighted by Crippen LogP contribution is 2.15. The topological polar surface area (TPSA) is 55.2 Å². The van der Waals surface area contributed by atoms with E-state index in [1.165, 1.54) is 0 Å². The van der Waals surface area contributed by atoms with E-state index in [2.05, 4.69) is 28.4 Å². The molecule has 0 fully saturated rings. The Balaban J connectivity index is 2.30. The number of rotatable bonds is 3. The lowest BCUT2D eigenvalue weighted by molar-refractivity contribution is 0.253. The van der Waals surface area contributed by atoms with Crippen molar-refractivity contribution in [1.29, 1.82) is 0 Å². The van der Waals surface area contributed by atoms with Gasteiger partial charge in [0.1, 0.15) is 12.7 Å². The molecule has 0 amide bonds. The maximum atomic E-state index is 9.12. The van der Waals surface area contributed by atoms with E-state index < -0.39 is 6.10 Å². The molecular formula is C15H14N2O2. The van der Waals surface area contributed by atoms with Gasteiger partial charge in [0.2, 0.25) is 0 Å². The molecule has 0 saturated carbocycles. The average Bonchev–Trinajstić information content (AvgIpc) is 2.42. The minimum atomic E-state index is -0.637. The van der Waals surface area contributed by atoms with Crippen LogP contribution in [0.1, 0.15) is 12.5 Å². The van der Waals surface area contributed by atoms with E-state index in [1.807, 2.05) is 18.2 Å². The summed E-state index contributed by atoms with van der Waals surface area (Å²) >= 11 is 0. The quantitative estimate of drug-likeness (QED) is 0.671. The van der Waals surface area contributed by atoms with Crippen molar-refractivity contribution in [1.82, 2.24) is 9.97 Å². The van der Waals surface area contributed by atoms with Crippen LogP contribution in [0.4, 0.5) is 0 Å². The highest BCUT2D eigenvalue weighted by atomic mass is 16.5. The first-order chi connectivity index (χ1) is 9.19. The molecule has 4 nitrogen and oxygen atoms in total. The van der Waals surface area contributed by atoms with Gasteiger partial charge in [-0.25, -0.2) is 4.98 Å². The van der Waals surface area contributed by atoms with Gasteiger partial charge in [-0.2, -0.15) is 4.98 Å². The van der Waals surface area contributed by atoms with Crippen molar-refractivity contribution in [2.24, 2.45) is 0 Å². The predicted octanol–water partition coefficient (Wildman–Crippen LogP) is 1.93. The van der Waals surface area contributed by atoms with Gasteiger partial charge in [0.25, 0.3) is 0 Å². The second-order valence-electron chi connectivity index (χ2n) is 3.97. The molecule has 0 saturated heterocycles. The summed E-state index contributed by atoms with van der Waals surface area (Å²) in [5.41, 5.74) is 1.61. The maximum absolute atomic E-state index is 9.12. The zero-order valence-corrected chi connectivity index (χ0v) is 10.6. The molecule has 4 heteroatoms. The number of aliphatic hydroxyl groups is 1. The molecule has 19 heavy (non-hydrogen) atoms. The third kappa shape index (κ3) is 3.54. The molecule has 0 aliphatic heterocycles. The lowest BCUT2D eigenvalue weighted by Gasteiger charge is -2.02. The first kappa shape index (κ1) is 13.1. The van der Waals surface area contributed by atoms with E-state index in [4.69, 9.17) is 9.84 Å². The predicted molar refractivity (Wildman–Crippen MR) is 73.8 cm³/mol. The number of ether oxygens (including phenoxy) is 1. The summed E-state index contributed by atoms with van der Waals surface area (Å²) in [5.74, 6) is 5.58. The van der Waals surface area contributed by atoms with Gasteiger partial charge < -0.3 is 9.84 Å². The summed E-state index contributed by atoms with van der Waals surface area (Å²) in [7, 11) is 0. The standard InChI is InChI=1S/C15H14N2O2/c1-3-8-19-15-16-10-13-9-12(5-4-11(2)18)6-7-14(13)17-15/h3,6-7,9-11,18H,1,8H2,2H3. The second kappa shape index (κ2) is 5.98. The highest BCUT2D eigenvalue weighted by Gasteiger charge is 2.01. The van der Waals surface area contributed by atoms with Crippen LogP contribution in [-0.4, -0.2) is 27.8 Å². The lowest BCUT2D eigenvalue weighted by Crippen LogP contribution is -1.98. The molecule has 1 aromatic heterocycles. The Kier molecular flexibility index (Phi) is 4.11. The van der Waals surface area contributed by atoms with Crippen molar-refractivity contribution in [3.63, 3.8) is 0 Å². The minimum absolute atomic E-state index is 0.329. The average molecular weight is 254 g/mol. The van der Waals surface area contributed by atoms with E-state index in [0.29, 0.717) is 12.6 Å². The fraction of sp³-hybridized carbons (Fsp3) is 0.200. The van der Waals surface area contributed by atoms with Gasteiger partial charge in [-0.05, 0) is 25.1 Å². The number of benzene rings is 1. The van der Waals surface area contributed by atoms with Gasteiger partial charge in [0.15, 0.2) is 0 Å². The lowest BCUT2D eigenvalue weighted by atomic mass is 10.1. The van der Waals surface area contributed by atoms with E-state index in [9.17, 15) is 0 Å². The minimum Gasteiger partial charge on any atom is -0.459 e. The SMILES string of the molecule is C=CCOc1ncc2cc(C#CC(C)O)ccc2n1. The molecule has 0 bridgehead atoms. The van der Waals surface area contributed by atoms with Crippen molar-refractivity contribution in [3.8, 4) is 17.9 Å². The van der Waals surface area contributed by atoms with Crippen LogP contribution in [-0.2, 0) is 0 Å². The molecular weight excluding hydrogens is 240 g/mol. The number of hydrogen-bond donors (Lipinski definition) is 1. The Bertz CT molecular complexity index is 654. The Morgan fingerprint density at radius 3 is 3.11 bits per heavy atom. The summed E-state index contributed by atoms with van der Waals surface area (Å²) < 4.78 is 5.27. The third-order valence-corrected chi connectivity index (χ3v) is 2.31. The summed E-state index contributed by atoms with van der Waals surface area (Å²) in [6.45, 7) is 5.57. The van der Waals surface area contributed by atoms with Gasteiger partial charge in [0.05, 0.1) is 5.52 Å². The van der Waals surface area contributed by atoms with E-state index >= 15 is 0 Å². The zero-order chi connectivity index (χ0) is 13.7. The normalized spacial score (nSPS) is 11.5. The van der Waals surface area contributed by atoms with E-state index in [0.717, 1.165) is 16.5 Å². The van der Waals surface area contributed by atoms with Gasteiger partial charge in [-0.3, -0.25) is 0 Å². The molecule has 2 rings (SSSR count). The van der Waals surface area contributed by atoms with Gasteiger partial charge >= 0.3 is 6.01 Å². The van der Waals surface area contributed by atoms with Crippen LogP contribution >= 0.6 is 0 Å². The van der Waals surface area contributed by atoms with Gasteiger partial charge in [-0.1, -0.05) is 24.5 Å². The van der Waals surface area contributed by atoms with Crippen molar-refractivity contribution >= 4 is 10.9 Å². The maximum Gasteiger partial charge on any atom is 0.317 e. The Labute approximate surface area is 111 Å². The van der Waals surface area contributed by atoms with Crippen LogP contribution in [0.25, 0.3) is 10.9 Å². The molecule has 1 unspecified atom stereocenters. The molecule has 0 aliphatic carbocycles. The highest BCUT2D eigenvalue weighted by molar-refractivity contribution is 5.79. The van der Waals surface area contributed by atoms with E-state index in [-0.39, 0.29) is 0 Å². The number of nitrogens with zero attached hydrogens (tertiary/aromatic N) is 2.